The van der Waals surface area contributed by atoms with Crippen LogP contribution in [-0.2, 0) is 4.79 Å². The fraction of sp³-hybridized carbons (Fsp3) is 0.467. The lowest BCUT2D eigenvalue weighted by Crippen LogP contribution is -2.36. The number of nitrogens with one attached hydrogen (secondary N) is 1. The first-order valence-electron chi connectivity index (χ1n) is 6.65. The van der Waals surface area contributed by atoms with Gasteiger partial charge in [0.25, 0.3) is 5.91 Å². The van der Waals surface area contributed by atoms with E-state index in [0.717, 1.165) is 6.42 Å². The molecule has 1 unspecified atom stereocenters. The van der Waals surface area contributed by atoms with Gasteiger partial charge in [-0.2, -0.15) is 0 Å². The van der Waals surface area contributed by atoms with Gasteiger partial charge in [0.15, 0.2) is 6.10 Å². The highest BCUT2D eigenvalue weighted by Crippen LogP contribution is 2.26. The molecule has 0 aliphatic heterocycles. The number of aryl methyl sites for hydroxylation is 2. The van der Waals surface area contributed by atoms with Gasteiger partial charge in [-0.05, 0) is 50.5 Å². The molecule has 0 aliphatic rings. The zero-order valence-corrected chi connectivity index (χ0v) is 12.3. The van der Waals surface area contributed by atoms with Gasteiger partial charge in [-0.3, -0.25) is 4.79 Å². The number of carboxylic acid groups (broad SMARTS) is 1. The molecule has 0 saturated heterocycles. The van der Waals surface area contributed by atoms with Crippen LogP contribution in [0.2, 0.25) is 0 Å². The van der Waals surface area contributed by atoms with Crippen molar-refractivity contribution in [3.63, 3.8) is 0 Å². The maximum absolute atomic E-state index is 11.8. The second-order valence-corrected chi connectivity index (χ2v) is 4.80. The van der Waals surface area contributed by atoms with Crippen molar-refractivity contribution in [1.29, 1.82) is 0 Å². The summed E-state index contributed by atoms with van der Waals surface area (Å²) in [6, 6.07) is 3.09. The predicted molar refractivity (Wildman–Crippen MR) is 76.3 cm³/mol. The summed E-state index contributed by atoms with van der Waals surface area (Å²) < 4.78 is 5.66. The van der Waals surface area contributed by atoms with Crippen LogP contribution in [0.3, 0.4) is 0 Å². The lowest BCUT2D eigenvalue weighted by Gasteiger charge is -2.18. The monoisotopic (exact) mass is 279 g/mol. The number of carboxylic acids is 1. The van der Waals surface area contributed by atoms with E-state index in [0.29, 0.717) is 23.4 Å². The summed E-state index contributed by atoms with van der Waals surface area (Å²) in [6.45, 7) is 7.80. The Bertz CT molecular complexity index is 488. The van der Waals surface area contributed by atoms with Crippen LogP contribution in [0.25, 0.3) is 0 Å². The van der Waals surface area contributed by atoms with Gasteiger partial charge in [-0.1, -0.05) is 6.92 Å². The van der Waals surface area contributed by atoms with E-state index in [-0.39, 0.29) is 11.5 Å². The second-order valence-electron chi connectivity index (χ2n) is 4.80. The molecule has 0 saturated carbocycles. The van der Waals surface area contributed by atoms with Gasteiger partial charge in [0.1, 0.15) is 5.75 Å². The molecule has 20 heavy (non-hydrogen) atoms. The molecule has 1 rings (SSSR count). The number of benzene rings is 1. The quantitative estimate of drug-likeness (QED) is 0.837. The van der Waals surface area contributed by atoms with Gasteiger partial charge in [0, 0.05) is 6.54 Å². The SMILES string of the molecule is CCCNC(=O)C(C)Oc1c(C)cc(C(=O)O)cc1C. The highest BCUT2D eigenvalue weighted by Gasteiger charge is 2.17. The van der Waals surface area contributed by atoms with E-state index >= 15 is 0 Å². The number of ether oxygens (including phenoxy) is 1. The van der Waals surface area contributed by atoms with E-state index < -0.39 is 12.1 Å². The number of carbonyl (C=O) groups excluding carboxylic acids is 1. The molecule has 0 aliphatic carbocycles. The van der Waals surface area contributed by atoms with E-state index in [1.54, 1.807) is 32.9 Å². The summed E-state index contributed by atoms with van der Waals surface area (Å²) in [7, 11) is 0. The molecule has 110 valence electrons. The molecule has 0 spiro atoms. The Kier molecular flexibility index (Phi) is 5.55. The summed E-state index contributed by atoms with van der Waals surface area (Å²) in [5.74, 6) is -0.585. The van der Waals surface area contributed by atoms with Crippen LogP contribution in [-0.4, -0.2) is 29.6 Å². The van der Waals surface area contributed by atoms with Crippen molar-refractivity contribution in [1.82, 2.24) is 5.32 Å². The van der Waals surface area contributed by atoms with Crippen LogP contribution in [0, 0.1) is 13.8 Å². The average Bonchev–Trinajstić information content (AvgIpc) is 2.39. The van der Waals surface area contributed by atoms with E-state index in [2.05, 4.69) is 5.32 Å². The minimum Gasteiger partial charge on any atom is -0.480 e. The Balaban J connectivity index is 2.87. The Morgan fingerprint density at radius 3 is 2.30 bits per heavy atom. The largest absolute Gasteiger partial charge is 0.480 e. The smallest absolute Gasteiger partial charge is 0.335 e. The summed E-state index contributed by atoms with van der Waals surface area (Å²) >= 11 is 0. The van der Waals surface area contributed by atoms with Crippen molar-refractivity contribution in [2.45, 2.75) is 40.2 Å². The third kappa shape index (κ3) is 3.98. The summed E-state index contributed by atoms with van der Waals surface area (Å²) in [5.41, 5.74) is 1.63. The average molecular weight is 279 g/mol. The molecule has 0 bridgehead atoms. The highest BCUT2D eigenvalue weighted by molar-refractivity contribution is 5.88. The number of hydrogen-bond donors (Lipinski definition) is 2. The predicted octanol–water partition coefficient (Wildman–Crippen LogP) is 2.30. The molecule has 1 aromatic rings. The number of hydrogen-bond acceptors (Lipinski definition) is 3. The minimum atomic E-state index is -0.975. The molecular formula is C15H21NO4. The lowest BCUT2D eigenvalue weighted by atomic mass is 10.1. The third-order valence-electron chi connectivity index (χ3n) is 2.92. The molecule has 1 aromatic carbocycles. The summed E-state index contributed by atoms with van der Waals surface area (Å²) in [6.07, 6.45) is 0.249. The van der Waals surface area contributed by atoms with Crippen LogP contribution in [0.15, 0.2) is 12.1 Å². The molecule has 0 aromatic heterocycles. The van der Waals surface area contributed by atoms with Crippen LogP contribution < -0.4 is 10.1 Å². The molecule has 1 atom stereocenters. The van der Waals surface area contributed by atoms with Gasteiger partial charge >= 0.3 is 5.97 Å². The molecule has 5 heteroatoms. The van der Waals surface area contributed by atoms with Gasteiger partial charge in [0.05, 0.1) is 5.56 Å². The van der Waals surface area contributed by atoms with Crippen molar-refractivity contribution >= 4 is 11.9 Å². The van der Waals surface area contributed by atoms with Crippen molar-refractivity contribution in [3.05, 3.63) is 28.8 Å². The van der Waals surface area contributed by atoms with Crippen LogP contribution in [0.5, 0.6) is 5.75 Å². The lowest BCUT2D eigenvalue weighted by molar-refractivity contribution is -0.127. The molecule has 1 amide bonds. The second kappa shape index (κ2) is 6.93. The number of carbonyl (C=O) groups is 2. The summed E-state index contributed by atoms with van der Waals surface area (Å²) in [4.78, 5) is 22.7. The van der Waals surface area contributed by atoms with E-state index in [4.69, 9.17) is 9.84 Å². The molecule has 2 N–H and O–H groups in total. The summed E-state index contributed by atoms with van der Waals surface area (Å²) in [5, 5.41) is 11.7. The van der Waals surface area contributed by atoms with Crippen molar-refractivity contribution < 1.29 is 19.4 Å². The van der Waals surface area contributed by atoms with E-state index in [9.17, 15) is 9.59 Å². The molecular weight excluding hydrogens is 258 g/mol. The number of aromatic carboxylic acids is 1. The first kappa shape index (κ1) is 16.0. The Hall–Kier alpha value is -2.04. The van der Waals surface area contributed by atoms with Gasteiger partial charge < -0.3 is 15.2 Å². The number of amides is 1. The van der Waals surface area contributed by atoms with Crippen molar-refractivity contribution in [2.75, 3.05) is 6.54 Å². The van der Waals surface area contributed by atoms with Crippen molar-refractivity contribution in [2.24, 2.45) is 0 Å². The van der Waals surface area contributed by atoms with Crippen LogP contribution in [0.4, 0.5) is 0 Å². The fourth-order valence-corrected chi connectivity index (χ4v) is 1.88. The van der Waals surface area contributed by atoms with Gasteiger partial charge in [0.2, 0.25) is 0 Å². The van der Waals surface area contributed by atoms with Crippen molar-refractivity contribution in [3.8, 4) is 5.75 Å². The number of rotatable bonds is 6. The maximum Gasteiger partial charge on any atom is 0.335 e. The standard InChI is InChI=1S/C15H21NO4/c1-5-6-16-14(17)11(4)20-13-9(2)7-12(15(18)19)8-10(13)3/h7-8,11H,5-6H2,1-4H3,(H,16,17)(H,18,19). The zero-order valence-electron chi connectivity index (χ0n) is 12.3. The third-order valence-corrected chi connectivity index (χ3v) is 2.92. The van der Waals surface area contributed by atoms with Crippen LogP contribution in [0.1, 0.15) is 41.8 Å². The molecule has 5 nitrogen and oxygen atoms in total. The first-order chi connectivity index (χ1) is 9.36. The Labute approximate surface area is 118 Å². The maximum atomic E-state index is 11.8. The van der Waals surface area contributed by atoms with Crippen LogP contribution >= 0.6 is 0 Å². The highest BCUT2D eigenvalue weighted by atomic mass is 16.5. The zero-order chi connectivity index (χ0) is 15.3. The van der Waals surface area contributed by atoms with Gasteiger partial charge in [-0.15, -0.1) is 0 Å². The fourth-order valence-electron chi connectivity index (χ4n) is 1.88. The molecule has 0 heterocycles. The Morgan fingerprint density at radius 1 is 1.30 bits per heavy atom. The Morgan fingerprint density at radius 2 is 1.85 bits per heavy atom. The normalized spacial score (nSPS) is 11.8. The minimum absolute atomic E-state index is 0.173. The van der Waals surface area contributed by atoms with Gasteiger partial charge in [-0.25, -0.2) is 4.79 Å². The topological polar surface area (TPSA) is 75.6 Å². The molecule has 0 radical (unpaired) electrons. The molecule has 0 fully saturated rings. The van der Waals surface area contributed by atoms with E-state index in [1.807, 2.05) is 6.92 Å². The first-order valence-corrected chi connectivity index (χ1v) is 6.65. The van der Waals surface area contributed by atoms with E-state index in [1.165, 1.54) is 0 Å².